The maximum atomic E-state index is 12.6. The largest absolute Gasteiger partial charge is 0.429 e. The minimum Gasteiger partial charge on any atom is -0.429 e. The standard InChI is InChI=1S/C22H27N5O4S2/c1-15-4-7-20(23-13-15)24-21(28)16-8-10-26(11-9-16)14-27-18-12-17(33(29,30)25(2)3)5-6-19(18)31-22(27)32/h4-7,12-13,16H,8-11,14H2,1-3H3,(H,23,24,28). The van der Waals surface area contributed by atoms with Crippen molar-refractivity contribution in [3.63, 3.8) is 0 Å². The summed E-state index contributed by atoms with van der Waals surface area (Å²) < 4.78 is 33.7. The number of carbonyl (C=O) groups is 1. The lowest BCUT2D eigenvalue weighted by Gasteiger charge is -2.31. The van der Waals surface area contributed by atoms with E-state index in [9.17, 15) is 13.2 Å². The summed E-state index contributed by atoms with van der Waals surface area (Å²) >= 11 is 5.40. The minimum atomic E-state index is -3.57. The van der Waals surface area contributed by atoms with Crippen molar-refractivity contribution in [2.45, 2.75) is 31.3 Å². The molecular weight excluding hydrogens is 462 g/mol. The van der Waals surface area contributed by atoms with Crippen LogP contribution in [0, 0.1) is 17.7 Å². The number of aryl methyl sites for hydroxylation is 1. The molecule has 0 radical (unpaired) electrons. The van der Waals surface area contributed by atoms with Gasteiger partial charge in [0.25, 0.3) is 4.84 Å². The zero-order chi connectivity index (χ0) is 23.8. The summed E-state index contributed by atoms with van der Waals surface area (Å²) in [5.41, 5.74) is 2.21. The lowest BCUT2D eigenvalue weighted by molar-refractivity contribution is -0.121. The first-order valence-electron chi connectivity index (χ1n) is 10.7. The SMILES string of the molecule is Cc1ccc(NC(=O)C2CCN(Cn3c(=S)oc4ccc(S(=O)(=O)N(C)C)cc43)CC2)nc1. The van der Waals surface area contributed by atoms with E-state index in [0.29, 0.717) is 49.5 Å². The topological polar surface area (TPSA) is 101 Å². The molecule has 1 saturated heterocycles. The Hall–Kier alpha value is -2.60. The van der Waals surface area contributed by atoms with E-state index in [2.05, 4.69) is 15.2 Å². The van der Waals surface area contributed by atoms with Crippen LogP contribution in [0.4, 0.5) is 5.82 Å². The summed E-state index contributed by atoms with van der Waals surface area (Å²) in [6, 6.07) is 8.47. The number of likely N-dealkylation sites (tertiary alicyclic amines) is 1. The fourth-order valence-electron chi connectivity index (χ4n) is 3.85. The third kappa shape index (κ3) is 5.01. The Kier molecular flexibility index (Phi) is 6.66. The van der Waals surface area contributed by atoms with Gasteiger partial charge < -0.3 is 9.73 Å². The number of anilines is 1. The highest BCUT2D eigenvalue weighted by atomic mass is 32.2. The molecule has 176 valence electrons. The molecule has 4 rings (SSSR count). The number of pyridine rings is 1. The molecule has 0 unspecified atom stereocenters. The first-order valence-corrected chi connectivity index (χ1v) is 12.5. The van der Waals surface area contributed by atoms with Crippen molar-refractivity contribution in [3.05, 3.63) is 46.9 Å². The van der Waals surface area contributed by atoms with Gasteiger partial charge in [-0.1, -0.05) is 6.07 Å². The number of fused-ring (bicyclic) bond motifs is 1. The second-order valence-electron chi connectivity index (χ2n) is 8.46. The molecule has 1 aliphatic heterocycles. The summed E-state index contributed by atoms with van der Waals surface area (Å²) in [7, 11) is -0.580. The zero-order valence-corrected chi connectivity index (χ0v) is 20.4. The molecule has 0 saturated carbocycles. The van der Waals surface area contributed by atoms with E-state index in [4.69, 9.17) is 16.6 Å². The molecule has 0 aliphatic carbocycles. The van der Waals surface area contributed by atoms with Gasteiger partial charge in [0.1, 0.15) is 5.82 Å². The zero-order valence-electron chi connectivity index (χ0n) is 18.8. The summed E-state index contributed by atoms with van der Waals surface area (Å²) in [4.78, 5) is 19.5. The second-order valence-corrected chi connectivity index (χ2v) is 11.0. The van der Waals surface area contributed by atoms with Crippen LogP contribution in [0.15, 0.2) is 45.8 Å². The number of amides is 1. The van der Waals surface area contributed by atoms with E-state index in [1.807, 2.05) is 13.0 Å². The van der Waals surface area contributed by atoms with E-state index < -0.39 is 10.0 Å². The van der Waals surface area contributed by atoms with E-state index >= 15 is 0 Å². The molecule has 9 nitrogen and oxygen atoms in total. The Balaban J connectivity index is 1.44. The third-order valence-corrected chi connectivity index (χ3v) is 7.99. The fourth-order valence-corrected chi connectivity index (χ4v) is 5.02. The molecule has 0 bridgehead atoms. The number of carbonyl (C=O) groups excluding carboxylic acids is 1. The van der Waals surface area contributed by atoms with E-state index in [0.717, 1.165) is 5.56 Å². The summed E-state index contributed by atoms with van der Waals surface area (Å²) in [5.74, 6) is 0.456. The minimum absolute atomic E-state index is 0.0186. The first kappa shape index (κ1) is 23.6. The molecule has 1 aromatic carbocycles. The lowest BCUT2D eigenvalue weighted by atomic mass is 9.96. The van der Waals surface area contributed by atoms with Crippen LogP contribution in [0.2, 0.25) is 0 Å². The number of oxazole rings is 1. The van der Waals surface area contributed by atoms with Gasteiger partial charge in [0.05, 0.1) is 17.1 Å². The predicted octanol–water partition coefficient (Wildman–Crippen LogP) is 3.23. The maximum Gasteiger partial charge on any atom is 0.270 e. The number of benzene rings is 1. The number of hydrogen-bond donors (Lipinski definition) is 1. The molecular formula is C22H27N5O4S2. The highest BCUT2D eigenvalue weighted by molar-refractivity contribution is 7.89. The number of piperidine rings is 1. The lowest BCUT2D eigenvalue weighted by Crippen LogP contribution is -2.39. The molecule has 1 fully saturated rings. The van der Waals surface area contributed by atoms with Crippen LogP contribution in [-0.4, -0.2) is 60.3 Å². The smallest absolute Gasteiger partial charge is 0.270 e. The number of hydrogen-bond acceptors (Lipinski definition) is 7. The van der Waals surface area contributed by atoms with Gasteiger partial charge in [-0.05, 0) is 61.8 Å². The summed E-state index contributed by atoms with van der Waals surface area (Å²) in [6.07, 6.45) is 3.15. The average molecular weight is 490 g/mol. The molecule has 0 atom stereocenters. The Morgan fingerprint density at radius 1 is 1.24 bits per heavy atom. The molecule has 1 aliphatic rings. The maximum absolute atomic E-state index is 12.6. The van der Waals surface area contributed by atoms with Crippen LogP contribution >= 0.6 is 12.2 Å². The number of nitrogens with one attached hydrogen (secondary N) is 1. The highest BCUT2D eigenvalue weighted by Crippen LogP contribution is 2.25. The van der Waals surface area contributed by atoms with Gasteiger partial charge in [-0.2, -0.15) is 0 Å². The van der Waals surface area contributed by atoms with Crippen LogP contribution in [0.25, 0.3) is 11.1 Å². The Labute approximate surface area is 198 Å². The van der Waals surface area contributed by atoms with Crippen LogP contribution < -0.4 is 5.32 Å². The van der Waals surface area contributed by atoms with Crippen molar-refractivity contribution < 1.29 is 17.6 Å². The average Bonchev–Trinajstić information content (AvgIpc) is 3.10. The Bertz CT molecular complexity index is 1320. The highest BCUT2D eigenvalue weighted by Gasteiger charge is 2.26. The van der Waals surface area contributed by atoms with Gasteiger partial charge in [-0.3, -0.25) is 14.3 Å². The fraction of sp³-hybridized carbons (Fsp3) is 0.409. The van der Waals surface area contributed by atoms with Crippen molar-refractivity contribution in [2.24, 2.45) is 5.92 Å². The second kappa shape index (κ2) is 9.34. The quantitative estimate of drug-likeness (QED) is 0.531. The number of nitrogens with zero attached hydrogens (tertiary/aromatic N) is 4. The predicted molar refractivity (Wildman–Crippen MR) is 128 cm³/mol. The van der Waals surface area contributed by atoms with Crippen molar-refractivity contribution in [3.8, 4) is 0 Å². The van der Waals surface area contributed by atoms with Crippen LogP contribution in [0.3, 0.4) is 0 Å². The summed E-state index contributed by atoms with van der Waals surface area (Å²) in [6.45, 7) is 3.84. The van der Waals surface area contributed by atoms with Gasteiger partial charge in [0.15, 0.2) is 5.58 Å². The van der Waals surface area contributed by atoms with E-state index in [1.165, 1.54) is 24.5 Å². The number of rotatable bonds is 6. The normalized spacial score (nSPS) is 15.9. The van der Waals surface area contributed by atoms with Crippen molar-refractivity contribution in [2.75, 3.05) is 32.5 Å². The third-order valence-electron chi connectivity index (χ3n) is 5.88. The van der Waals surface area contributed by atoms with Gasteiger partial charge in [0.2, 0.25) is 15.9 Å². The molecule has 3 heterocycles. The van der Waals surface area contributed by atoms with Gasteiger partial charge in [-0.25, -0.2) is 17.7 Å². The molecule has 3 aromatic rings. The number of sulfonamides is 1. The first-order chi connectivity index (χ1) is 15.6. The van der Waals surface area contributed by atoms with Crippen LogP contribution in [-0.2, 0) is 21.5 Å². The van der Waals surface area contributed by atoms with Crippen molar-refractivity contribution in [1.29, 1.82) is 0 Å². The number of aromatic nitrogens is 2. The molecule has 2 aromatic heterocycles. The molecule has 33 heavy (non-hydrogen) atoms. The van der Waals surface area contributed by atoms with Gasteiger partial charge in [-0.15, -0.1) is 0 Å². The van der Waals surface area contributed by atoms with Crippen LogP contribution in [0.5, 0.6) is 0 Å². The van der Waals surface area contributed by atoms with Gasteiger partial charge in [0, 0.05) is 39.3 Å². The molecule has 1 amide bonds. The monoisotopic (exact) mass is 489 g/mol. The van der Waals surface area contributed by atoms with Crippen LogP contribution in [0.1, 0.15) is 18.4 Å². The summed E-state index contributed by atoms with van der Waals surface area (Å²) in [5, 5.41) is 2.90. The van der Waals surface area contributed by atoms with Crippen molar-refractivity contribution >= 4 is 45.1 Å². The van der Waals surface area contributed by atoms with E-state index in [-0.39, 0.29) is 21.6 Å². The Morgan fingerprint density at radius 3 is 2.61 bits per heavy atom. The molecule has 1 N–H and O–H groups in total. The van der Waals surface area contributed by atoms with E-state index in [1.54, 1.807) is 29.0 Å². The molecule has 11 heteroatoms. The van der Waals surface area contributed by atoms with Gasteiger partial charge >= 0.3 is 0 Å². The van der Waals surface area contributed by atoms with Crippen molar-refractivity contribution in [1.82, 2.24) is 18.8 Å². The molecule has 0 spiro atoms. The Morgan fingerprint density at radius 2 is 1.97 bits per heavy atom.